The molecule has 1 rings (SSSR count). The molecule has 0 aliphatic heterocycles. The molecule has 19 heavy (non-hydrogen) atoms. The molecule has 2 N–H and O–H groups in total. The lowest BCUT2D eigenvalue weighted by atomic mass is 10.2. The Hall–Kier alpha value is -1.95. The molecule has 0 aromatic carbocycles. The van der Waals surface area contributed by atoms with Gasteiger partial charge in [0.15, 0.2) is 0 Å². The zero-order valence-corrected chi connectivity index (χ0v) is 11.0. The molecule has 0 unspecified atom stereocenters. The predicted molar refractivity (Wildman–Crippen MR) is 68.3 cm³/mol. The van der Waals surface area contributed by atoms with E-state index in [-0.39, 0.29) is 19.3 Å². The molecule has 6 nitrogen and oxygen atoms in total. The molecule has 0 saturated carbocycles. The van der Waals surface area contributed by atoms with Crippen molar-refractivity contribution in [1.29, 1.82) is 0 Å². The Morgan fingerprint density at radius 2 is 2.26 bits per heavy atom. The fraction of sp³-hybridized carbons (Fsp3) is 0.462. The Kier molecular flexibility index (Phi) is 5.95. The maximum absolute atomic E-state index is 11.7. The van der Waals surface area contributed by atoms with Crippen molar-refractivity contribution in [1.82, 2.24) is 10.3 Å². The zero-order chi connectivity index (χ0) is 14.3. The van der Waals surface area contributed by atoms with Crippen molar-refractivity contribution in [2.75, 3.05) is 6.54 Å². The van der Waals surface area contributed by atoms with Gasteiger partial charge in [0.2, 0.25) is 0 Å². The maximum Gasteiger partial charge on any atom is 0.325 e. The summed E-state index contributed by atoms with van der Waals surface area (Å²) in [6, 6.07) is 2.98. The van der Waals surface area contributed by atoms with E-state index >= 15 is 0 Å². The fourth-order valence-corrected chi connectivity index (χ4v) is 1.31. The molecule has 0 aliphatic rings. The van der Waals surface area contributed by atoms with Crippen LogP contribution < -0.4 is 5.32 Å². The van der Waals surface area contributed by atoms with E-state index in [4.69, 9.17) is 9.84 Å². The first-order valence-electron chi connectivity index (χ1n) is 6.10. The van der Waals surface area contributed by atoms with E-state index in [1.54, 1.807) is 6.92 Å². The van der Waals surface area contributed by atoms with E-state index in [1.165, 1.54) is 18.3 Å². The number of carbonyl (C=O) groups excluding carboxylic acids is 2. The van der Waals surface area contributed by atoms with Gasteiger partial charge in [-0.05, 0) is 25.5 Å². The quantitative estimate of drug-likeness (QED) is 0.738. The number of pyridine rings is 1. The van der Waals surface area contributed by atoms with Gasteiger partial charge < -0.3 is 15.2 Å². The van der Waals surface area contributed by atoms with Gasteiger partial charge in [0, 0.05) is 11.8 Å². The van der Waals surface area contributed by atoms with Crippen LogP contribution >= 0.6 is 0 Å². The summed E-state index contributed by atoms with van der Waals surface area (Å²) >= 11 is 0. The molecule has 6 heteroatoms. The largest absolute Gasteiger partial charge is 0.461 e. The lowest BCUT2D eigenvalue weighted by Crippen LogP contribution is -2.32. The predicted octanol–water partition coefficient (Wildman–Crippen LogP) is 0.645. The zero-order valence-electron chi connectivity index (χ0n) is 11.0. The monoisotopic (exact) mass is 266 g/mol. The number of ether oxygens (including phenoxy) is 1. The van der Waals surface area contributed by atoms with Crippen LogP contribution in [0.4, 0.5) is 0 Å². The van der Waals surface area contributed by atoms with E-state index in [1.807, 2.05) is 6.92 Å². The number of nitrogens with one attached hydrogen (secondary N) is 1. The van der Waals surface area contributed by atoms with Crippen molar-refractivity contribution in [3.8, 4) is 0 Å². The van der Waals surface area contributed by atoms with Crippen molar-refractivity contribution in [3.05, 3.63) is 29.6 Å². The number of nitrogens with zero attached hydrogens (tertiary/aromatic N) is 1. The molecule has 1 aromatic heterocycles. The van der Waals surface area contributed by atoms with Gasteiger partial charge in [-0.3, -0.25) is 14.6 Å². The van der Waals surface area contributed by atoms with Crippen LogP contribution in [0.2, 0.25) is 0 Å². The third-order valence-electron chi connectivity index (χ3n) is 2.54. The van der Waals surface area contributed by atoms with Gasteiger partial charge in [-0.25, -0.2) is 0 Å². The molecule has 1 aromatic rings. The van der Waals surface area contributed by atoms with Gasteiger partial charge in [0.25, 0.3) is 5.91 Å². The molecule has 0 aliphatic carbocycles. The van der Waals surface area contributed by atoms with Gasteiger partial charge in [-0.1, -0.05) is 6.92 Å². The SMILES string of the molecule is CC[C@@H](C)OC(=O)CNC(=O)c1ccnc(CO)c1. The minimum atomic E-state index is -0.473. The summed E-state index contributed by atoms with van der Waals surface area (Å²) < 4.78 is 5.02. The average Bonchev–Trinajstić information content (AvgIpc) is 2.44. The van der Waals surface area contributed by atoms with E-state index in [2.05, 4.69) is 10.3 Å². The van der Waals surface area contributed by atoms with Crippen molar-refractivity contribution in [3.63, 3.8) is 0 Å². The van der Waals surface area contributed by atoms with Crippen molar-refractivity contribution in [2.45, 2.75) is 33.0 Å². The molecular weight excluding hydrogens is 248 g/mol. The van der Waals surface area contributed by atoms with Crippen LogP contribution in [0, 0.1) is 0 Å². The van der Waals surface area contributed by atoms with Crippen LogP contribution in [-0.4, -0.2) is 34.6 Å². The number of rotatable bonds is 6. The topological polar surface area (TPSA) is 88.5 Å². The summed E-state index contributed by atoms with van der Waals surface area (Å²) in [7, 11) is 0. The first-order valence-corrected chi connectivity index (χ1v) is 6.10. The molecule has 0 spiro atoms. The summed E-state index contributed by atoms with van der Waals surface area (Å²) in [6.45, 7) is 3.27. The summed E-state index contributed by atoms with van der Waals surface area (Å²) in [5.74, 6) is -0.877. The number of aromatic nitrogens is 1. The third kappa shape index (κ3) is 5.05. The first-order chi connectivity index (χ1) is 9.06. The van der Waals surface area contributed by atoms with E-state index < -0.39 is 11.9 Å². The fourth-order valence-electron chi connectivity index (χ4n) is 1.31. The Morgan fingerprint density at radius 1 is 1.53 bits per heavy atom. The first kappa shape index (κ1) is 15.1. The van der Waals surface area contributed by atoms with Crippen molar-refractivity contribution < 1.29 is 19.4 Å². The number of amides is 1. The molecule has 0 fully saturated rings. The second kappa shape index (κ2) is 7.48. The third-order valence-corrected chi connectivity index (χ3v) is 2.54. The number of hydrogen-bond acceptors (Lipinski definition) is 5. The minimum absolute atomic E-state index is 0.161. The van der Waals surface area contributed by atoms with E-state index in [0.29, 0.717) is 11.3 Å². The van der Waals surface area contributed by atoms with Crippen LogP contribution in [0.25, 0.3) is 0 Å². The van der Waals surface area contributed by atoms with Gasteiger partial charge in [0.1, 0.15) is 6.54 Å². The minimum Gasteiger partial charge on any atom is -0.461 e. The highest BCUT2D eigenvalue weighted by molar-refractivity contribution is 5.95. The van der Waals surface area contributed by atoms with Crippen LogP contribution in [-0.2, 0) is 16.1 Å². The molecule has 104 valence electrons. The smallest absolute Gasteiger partial charge is 0.325 e. The Morgan fingerprint density at radius 3 is 2.89 bits per heavy atom. The molecule has 0 bridgehead atoms. The highest BCUT2D eigenvalue weighted by atomic mass is 16.5. The average molecular weight is 266 g/mol. The van der Waals surface area contributed by atoms with Crippen LogP contribution in [0.1, 0.15) is 36.3 Å². The number of aliphatic hydroxyl groups is 1. The second-order valence-electron chi connectivity index (χ2n) is 4.09. The Bertz CT molecular complexity index is 448. The molecule has 0 radical (unpaired) electrons. The number of carbonyl (C=O) groups is 2. The van der Waals surface area contributed by atoms with Crippen molar-refractivity contribution in [2.24, 2.45) is 0 Å². The summed E-state index contributed by atoms with van der Waals surface area (Å²) in [5.41, 5.74) is 0.741. The highest BCUT2D eigenvalue weighted by Crippen LogP contribution is 2.02. The molecular formula is C13H18N2O4. The van der Waals surface area contributed by atoms with Gasteiger partial charge in [0.05, 0.1) is 18.4 Å². The van der Waals surface area contributed by atoms with Crippen molar-refractivity contribution >= 4 is 11.9 Å². The van der Waals surface area contributed by atoms with Gasteiger partial charge >= 0.3 is 5.97 Å². The Balaban J connectivity index is 2.48. The molecule has 0 saturated heterocycles. The molecule has 1 heterocycles. The van der Waals surface area contributed by atoms with E-state index in [0.717, 1.165) is 6.42 Å². The maximum atomic E-state index is 11.7. The highest BCUT2D eigenvalue weighted by Gasteiger charge is 2.11. The summed E-state index contributed by atoms with van der Waals surface area (Å²) in [5, 5.41) is 11.4. The number of esters is 1. The molecule has 1 amide bonds. The second-order valence-corrected chi connectivity index (χ2v) is 4.09. The number of hydrogen-bond donors (Lipinski definition) is 2. The number of aliphatic hydroxyl groups excluding tert-OH is 1. The van der Waals surface area contributed by atoms with Gasteiger partial charge in [-0.2, -0.15) is 0 Å². The summed E-state index contributed by atoms with van der Waals surface area (Å²) in [4.78, 5) is 27.0. The van der Waals surface area contributed by atoms with Crippen LogP contribution in [0.5, 0.6) is 0 Å². The van der Waals surface area contributed by atoms with E-state index in [9.17, 15) is 9.59 Å². The summed E-state index contributed by atoms with van der Waals surface area (Å²) in [6.07, 6.45) is 1.99. The lowest BCUT2D eigenvalue weighted by molar-refractivity contribution is -0.147. The van der Waals surface area contributed by atoms with Crippen LogP contribution in [0.15, 0.2) is 18.3 Å². The standard InChI is InChI=1S/C13H18N2O4/c1-3-9(2)19-12(17)7-15-13(18)10-4-5-14-11(6-10)8-16/h4-6,9,16H,3,7-8H2,1-2H3,(H,15,18)/t9-/m1/s1. The van der Waals surface area contributed by atoms with Crippen LogP contribution in [0.3, 0.4) is 0 Å². The molecule has 1 atom stereocenters. The normalized spacial score (nSPS) is 11.7. The Labute approximate surface area is 111 Å². The lowest BCUT2D eigenvalue weighted by Gasteiger charge is -2.11. The van der Waals surface area contributed by atoms with Gasteiger partial charge in [-0.15, -0.1) is 0 Å².